The van der Waals surface area contributed by atoms with Gasteiger partial charge in [-0.25, -0.2) is 9.36 Å². The van der Waals surface area contributed by atoms with Crippen molar-refractivity contribution in [3.8, 4) is 5.75 Å². The van der Waals surface area contributed by atoms with Crippen LogP contribution < -0.4 is 21.0 Å². The zero-order chi connectivity index (χ0) is 26.7. The molecule has 14 heteroatoms. The van der Waals surface area contributed by atoms with Crippen LogP contribution >= 0.6 is 19.3 Å². The molecule has 0 saturated carbocycles. The van der Waals surface area contributed by atoms with Gasteiger partial charge in [-0.3, -0.25) is 13.9 Å². The average molecular weight is 545 g/mol. The van der Waals surface area contributed by atoms with E-state index in [4.69, 9.17) is 35.9 Å². The van der Waals surface area contributed by atoms with Gasteiger partial charge in [-0.1, -0.05) is 18.2 Å². The average Bonchev–Trinajstić information content (AvgIpc) is 3.01. The number of nitrogen functional groups attached to an aromatic ring is 1. The number of aliphatic hydroxyl groups is 1. The number of rotatable bonds is 10. The van der Waals surface area contributed by atoms with E-state index in [-0.39, 0.29) is 17.7 Å². The number of halogens is 1. The van der Waals surface area contributed by atoms with Crippen molar-refractivity contribution in [3.05, 3.63) is 53.1 Å². The minimum Gasteiger partial charge on any atom is -0.462 e. The lowest BCUT2D eigenvalue weighted by atomic mass is 10.0. The van der Waals surface area contributed by atoms with E-state index in [2.05, 4.69) is 10.1 Å². The maximum Gasteiger partial charge on any atom is 0.459 e. The smallest absolute Gasteiger partial charge is 0.459 e. The summed E-state index contributed by atoms with van der Waals surface area (Å²) >= 11 is 6.55. The molecule has 2 aromatic rings. The standard InChI is InChI=1S/C22H30ClN4O8P/c1-13(2)33-19(29)14(3)26-36(31,35-15-8-6-5-7-9-15)32-12-16-18(28)22(4,23)20(34-16)27-11-10-17(24)25-21(27)30/h5-11,13-14,16,18,20,28H,12H2,1-4H3,(H,26,31)(H2,24,25,30)/t14-,16+,18+,20+,22+,36?/m0/s1. The van der Waals surface area contributed by atoms with E-state index < -0.39 is 55.4 Å². The molecule has 1 fully saturated rings. The number of nitrogens with two attached hydrogens (primary N) is 1. The van der Waals surface area contributed by atoms with Gasteiger partial charge in [0, 0.05) is 6.20 Å². The number of nitrogens with zero attached hydrogens (tertiary/aromatic N) is 2. The summed E-state index contributed by atoms with van der Waals surface area (Å²) in [7, 11) is -4.21. The zero-order valence-electron chi connectivity index (χ0n) is 20.2. The second-order valence-corrected chi connectivity index (χ2v) is 11.2. The van der Waals surface area contributed by atoms with Crippen LogP contribution in [-0.2, 0) is 23.4 Å². The van der Waals surface area contributed by atoms with Crippen LogP contribution in [0.25, 0.3) is 0 Å². The lowest BCUT2D eigenvalue weighted by molar-refractivity contribution is -0.149. The SMILES string of the molecule is CC(C)OC(=O)[C@H](C)NP(=O)(OC[C@H]1O[C@@H](n2ccc(N)nc2=O)[C@](C)(Cl)[C@@H]1O)Oc1ccccc1. The van der Waals surface area contributed by atoms with Gasteiger partial charge in [-0.15, -0.1) is 11.6 Å². The van der Waals surface area contributed by atoms with Gasteiger partial charge in [-0.2, -0.15) is 10.1 Å². The van der Waals surface area contributed by atoms with Crippen LogP contribution in [0.3, 0.4) is 0 Å². The highest BCUT2D eigenvalue weighted by molar-refractivity contribution is 7.52. The first kappa shape index (κ1) is 28.1. The van der Waals surface area contributed by atoms with Crippen molar-refractivity contribution in [1.82, 2.24) is 14.6 Å². The van der Waals surface area contributed by atoms with Crippen molar-refractivity contribution in [2.45, 2.75) is 63.2 Å². The summed E-state index contributed by atoms with van der Waals surface area (Å²) in [5.41, 5.74) is 4.82. The fourth-order valence-electron chi connectivity index (χ4n) is 3.46. The number of ether oxygens (including phenoxy) is 2. The Morgan fingerprint density at radius 2 is 2.00 bits per heavy atom. The van der Waals surface area contributed by atoms with Gasteiger partial charge < -0.3 is 24.8 Å². The number of anilines is 1. The molecule has 1 unspecified atom stereocenters. The van der Waals surface area contributed by atoms with Crippen LogP contribution in [0.15, 0.2) is 47.4 Å². The number of alkyl halides is 1. The highest BCUT2D eigenvalue weighted by atomic mass is 35.5. The first-order valence-corrected chi connectivity index (χ1v) is 13.1. The third-order valence-corrected chi connectivity index (χ3v) is 7.31. The van der Waals surface area contributed by atoms with E-state index >= 15 is 0 Å². The van der Waals surface area contributed by atoms with Crippen LogP contribution in [0.2, 0.25) is 0 Å². The van der Waals surface area contributed by atoms with Crippen molar-refractivity contribution < 1.29 is 33.0 Å². The molecule has 1 saturated heterocycles. The molecule has 1 aromatic heterocycles. The van der Waals surface area contributed by atoms with Crippen LogP contribution in [0.5, 0.6) is 5.75 Å². The normalized spacial score (nSPS) is 26.4. The molecule has 1 aliphatic heterocycles. The Labute approximate surface area is 213 Å². The Morgan fingerprint density at radius 3 is 2.61 bits per heavy atom. The second kappa shape index (κ2) is 11.3. The van der Waals surface area contributed by atoms with Crippen LogP contribution in [-0.4, -0.2) is 56.5 Å². The predicted molar refractivity (Wildman–Crippen MR) is 132 cm³/mol. The van der Waals surface area contributed by atoms with E-state index in [1.165, 1.54) is 26.1 Å². The van der Waals surface area contributed by atoms with Crippen molar-refractivity contribution in [1.29, 1.82) is 0 Å². The molecule has 2 heterocycles. The van der Waals surface area contributed by atoms with Gasteiger partial charge in [0.2, 0.25) is 0 Å². The number of aliphatic hydroxyl groups excluding tert-OH is 1. The van der Waals surface area contributed by atoms with Gasteiger partial charge in [0.1, 0.15) is 34.7 Å². The van der Waals surface area contributed by atoms with E-state index in [0.29, 0.717) is 0 Å². The monoisotopic (exact) mass is 544 g/mol. The van der Waals surface area contributed by atoms with E-state index in [1.807, 2.05) is 0 Å². The summed E-state index contributed by atoms with van der Waals surface area (Å²) in [5.74, 6) is -0.433. The molecule has 4 N–H and O–H groups in total. The first-order chi connectivity index (χ1) is 16.8. The Hall–Kier alpha value is -2.47. The molecule has 6 atom stereocenters. The summed E-state index contributed by atoms with van der Waals surface area (Å²) in [6, 6.07) is 8.53. The van der Waals surface area contributed by atoms with Gasteiger partial charge >= 0.3 is 19.4 Å². The number of hydrogen-bond donors (Lipinski definition) is 3. The number of esters is 1. The Balaban J connectivity index is 1.79. The predicted octanol–water partition coefficient (Wildman–Crippen LogP) is 2.21. The van der Waals surface area contributed by atoms with E-state index in [1.54, 1.807) is 44.2 Å². The lowest BCUT2D eigenvalue weighted by Crippen LogP contribution is -2.42. The van der Waals surface area contributed by atoms with Crippen LogP contribution in [0, 0.1) is 0 Å². The third kappa shape index (κ3) is 6.64. The second-order valence-electron chi connectivity index (χ2n) is 8.70. The fourth-order valence-corrected chi connectivity index (χ4v) is 5.26. The van der Waals surface area contributed by atoms with Crippen LogP contribution in [0.1, 0.15) is 33.9 Å². The molecule has 12 nitrogen and oxygen atoms in total. The van der Waals surface area contributed by atoms with Crippen molar-refractivity contribution >= 4 is 31.1 Å². The Bertz CT molecular complexity index is 1160. The number of benzene rings is 1. The molecule has 3 rings (SSSR count). The number of para-hydroxylation sites is 1. The third-order valence-electron chi connectivity index (χ3n) is 5.26. The maximum absolute atomic E-state index is 13.6. The highest BCUT2D eigenvalue weighted by Crippen LogP contribution is 2.48. The molecule has 0 spiro atoms. The molecule has 1 aliphatic rings. The fraction of sp³-hybridized carbons (Fsp3) is 0.500. The summed E-state index contributed by atoms with van der Waals surface area (Å²) in [4.78, 5) is 26.8. The largest absolute Gasteiger partial charge is 0.462 e. The number of hydrogen-bond acceptors (Lipinski definition) is 10. The van der Waals surface area contributed by atoms with Gasteiger partial charge in [0.25, 0.3) is 0 Å². The Morgan fingerprint density at radius 1 is 1.33 bits per heavy atom. The molecule has 36 heavy (non-hydrogen) atoms. The topological polar surface area (TPSA) is 164 Å². The molecule has 0 bridgehead atoms. The number of aromatic nitrogens is 2. The van der Waals surface area contributed by atoms with Crippen LogP contribution in [0.4, 0.5) is 5.82 Å². The van der Waals surface area contributed by atoms with Gasteiger partial charge in [-0.05, 0) is 45.9 Å². The molecular formula is C22H30ClN4O8P. The summed E-state index contributed by atoms with van der Waals surface area (Å²) in [6.45, 7) is 5.83. The number of carbonyl (C=O) groups is 1. The van der Waals surface area contributed by atoms with Crippen molar-refractivity contribution in [2.24, 2.45) is 0 Å². The highest BCUT2D eigenvalue weighted by Gasteiger charge is 2.54. The minimum atomic E-state index is -4.21. The van der Waals surface area contributed by atoms with E-state index in [9.17, 15) is 19.3 Å². The van der Waals surface area contributed by atoms with E-state index in [0.717, 1.165) is 4.57 Å². The van der Waals surface area contributed by atoms with Gasteiger partial charge in [0.05, 0.1) is 12.7 Å². The minimum absolute atomic E-state index is 0.0149. The first-order valence-electron chi connectivity index (χ1n) is 11.2. The maximum atomic E-state index is 13.6. The zero-order valence-corrected chi connectivity index (χ0v) is 21.9. The molecule has 0 amide bonds. The Kier molecular flexibility index (Phi) is 8.81. The van der Waals surface area contributed by atoms with Crippen molar-refractivity contribution in [3.63, 3.8) is 0 Å². The lowest BCUT2D eigenvalue weighted by Gasteiger charge is -2.26. The quantitative estimate of drug-likeness (QED) is 0.228. The summed E-state index contributed by atoms with van der Waals surface area (Å²) < 4.78 is 36.9. The summed E-state index contributed by atoms with van der Waals surface area (Å²) in [6.07, 6.45) is -2.63. The van der Waals surface area contributed by atoms with Gasteiger partial charge in [0.15, 0.2) is 6.23 Å². The summed E-state index contributed by atoms with van der Waals surface area (Å²) in [5, 5.41) is 13.4. The number of carbonyl (C=O) groups excluding carboxylic acids is 1. The molecule has 1 aromatic carbocycles. The molecule has 198 valence electrons. The molecule has 0 aliphatic carbocycles. The molecule has 0 radical (unpaired) electrons. The van der Waals surface area contributed by atoms with Crippen molar-refractivity contribution in [2.75, 3.05) is 12.3 Å². The number of nitrogens with one attached hydrogen (secondary N) is 1. The molecular weight excluding hydrogens is 515 g/mol.